The predicted octanol–water partition coefficient (Wildman–Crippen LogP) is -1.21. The fourth-order valence-corrected chi connectivity index (χ4v) is 7.72. The van der Waals surface area contributed by atoms with Crippen molar-refractivity contribution in [2.45, 2.75) is 86.8 Å². The van der Waals surface area contributed by atoms with Crippen LogP contribution in [0.5, 0.6) is 5.75 Å². The summed E-state index contributed by atoms with van der Waals surface area (Å²) in [4.78, 5) is 39.8. The summed E-state index contributed by atoms with van der Waals surface area (Å²) in [5, 5.41) is 82.1. The van der Waals surface area contributed by atoms with Gasteiger partial charge in [0, 0.05) is 29.7 Å². The van der Waals surface area contributed by atoms with Crippen LogP contribution in [-0.4, -0.2) is 159 Å². The quantitative estimate of drug-likeness (QED) is 0.0560. The number of cyclic esters (lactones) is 2. The van der Waals surface area contributed by atoms with Crippen molar-refractivity contribution in [3.63, 3.8) is 0 Å². The van der Waals surface area contributed by atoms with Gasteiger partial charge < -0.3 is 83.5 Å². The number of esters is 3. The number of rotatable bonds is 11. The second kappa shape index (κ2) is 20.4. The van der Waals surface area contributed by atoms with Crippen molar-refractivity contribution in [1.82, 2.24) is 0 Å². The maximum Gasteiger partial charge on any atom is 0.337 e. The minimum absolute atomic E-state index is 0.00473. The third-order valence-corrected chi connectivity index (χ3v) is 11.1. The Morgan fingerprint density at radius 1 is 0.689 bits per heavy atom. The van der Waals surface area contributed by atoms with E-state index in [1.165, 1.54) is 30.4 Å². The summed E-state index contributed by atoms with van der Waals surface area (Å²) >= 11 is 0. The highest BCUT2D eigenvalue weighted by molar-refractivity contribution is 5.90. The zero-order valence-electron chi connectivity index (χ0n) is 32.6. The van der Waals surface area contributed by atoms with Crippen LogP contribution < -0.4 is 0 Å². The SMILES string of the molecule is C=CC1C(OC2OC(CO)C(O)C(O)C2O)OC=C2C(=O)OCCC3C(=COC(OC4OC(CO)C(OC(=O)C=Cc5ccc(O)cc5)C(O)C4O)C3C=C)C(=O)OCCC21. The molecular weight excluding hydrogens is 812 g/mol. The third-order valence-electron chi connectivity index (χ3n) is 11.1. The van der Waals surface area contributed by atoms with Crippen LogP contribution in [0.3, 0.4) is 0 Å². The first-order chi connectivity index (χ1) is 29.3. The number of phenolic OH excluding ortho intramolecular Hbond substituents is 1. The van der Waals surface area contributed by atoms with Gasteiger partial charge in [-0.1, -0.05) is 24.3 Å². The van der Waals surface area contributed by atoms with Gasteiger partial charge in [-0.3, -0.25) is 0 Å². The first-order valence-electron chi connectivity index (χ1n) is 19.5. The highest BCUT2D eigenvalue weighted by atomic mass is 16.8. The van der Waals surface area contributed by atoms with E-state index in [9.17, 15) is 55.2 Å². The Morgan fingerprint density at radius 3 is 1.67 bits per heavy atom. The second-order valence-corrected chi connectivity index (χ2v) is 14.8. The van der Waals surface area contributed by atoms with E-state index >= 15 is 0 Å². The van der Waals surface area contributed by atoms with Crippen molar-refractivity contribution in [2.75, 3.05) is 26.4 Å². The Kier molecular flexibility index (Phi) is 15.3. The molecule has 0 saturated carbocycles. The highest BCUT2D eigenvalue weighted by Crippen LogP contribution is 2.40. The molecule has 16 atom stereocenters. The molecule has 0 aliphatic carbocycles. The van der Waals surface area contributed by atoms with Crippen LogP contribution >= 0.6 is 0 Å². The summed E-state index contributed by atoms with van der Waals surface area (Å²) in [5.41, 5.74) is 0.651. The zero-order chi connectivity index (χ0) is 44.0. The van der Waals surface area contributed by atoms with Crippen LogP contribution in [-0.2, 0) is 57.0 Å². The average Bonchev–Trinajstić information content (AvgIpc) is 3.25. The number of carbonyl (C=O) groups is 3. The molecule has 3 fully saturated rings. The fourth-order valence-electron chi connectivity index (χ4n) is 7.72. The van der Waals surface area contributed by atoms with Crippen molar-refractivity contribution in [3.8, 4) is 5.75 Å². The molecule has 6 rings (SSSR count). The Bertz CT molecular complexity index is 1810. The van der Waals surface area contributed by atoms with Gasteiger partial charge in [-0.2, -0.15) is 0 Å². The van der Waals surface area contributed by atoms with Crippen molar-refractivity contribution in [3.05, 3.63) is 84.9 Å². The zero-order valence-corrected chi connectivity index (χ0v) is 32.6. The molecule has 1 aromatic rings. The number of aliphatic hydroxyl groups excluding tert-OH is 7. The van der Waals surface area contributed by atoms with Gasteiger partial charge in [-0.25, -0.2) is 14.4 Å². The predicted molar refractivity (Wildman–Crippen MR) is 202 cm³/mol. The summed E-state index contributed by atoms with van der Waals surface area (Å²) in [7, 11) is 0. The van der Waals surface area contributed by atoms with E-state index in [0.717, 1.165) is 18.6 Å². The molecule has 0 bridgehead atoms. The highest BCUT2D eigenvalue weighted by Gasteiger charge is 2.51. The first kappa shape index (κ1) is 45.8. The lowest BCUT2D eigenvalue weighted by atomic mass is 9.81. The monoisotopic (exact) mass is 862 g/mol. The summed E-state index contributed by atoms with van der Waals surface area (Å²) in [6.07, 6.45) is -11.1. The van der Waals surface area contributed by atoms with Gasteiger partial charge in [0.25, 0.3) is 0 Å². The fraction of sp³-hybridized carbons (Fsp3) is 0.537. The number of phenols is 1. The molecule has 334 valence electrons. The molecule has 5 aliphatic rings. The number of hydrogen-bond acceptors (Lipinski definition) is 20. The summed E-state index contributed by atoms with van der Waals surface area (Å²) in [5.74, 6) is -5.71. The Morgan fingerprint density at radius 2 is 1.18 bits per heavy atom. The van der Waals surface area contributed by atoms with E-state index < -0.39 is 129 Å². The molecule has 8 N–H and O–H groups in total. The normalized spacial score (nSPS) is 38.3. The maximum absolute atomic E-state index is 13.6. The van der Waals surface area contributed by atoms with E-state index in [-0.39, 0.29) is 43.0 Å². The third kappa shape index (κ3) is 10.2. The maximum atomic E-state index is 13.6. The summed E-state index contributed by atoms with van der Waals surface area (Å²) < 4.78 is 51.1. The molecule has 0 spiro atoms. The number of benzene rings is 1. The van der Waals surface area contributed by atoms with Crippen molar-refractivity contribution in [2.24, 2.45) is 23.7 Å². The molecular formula is C41H50O20. The number of fused-ring (bicyclic) bond motifs is 2. The van der Waals surface area contributed by atoms with Crippen molar-refractivity contribution < 1.29 is 97.9 Å². The van der Waals surface area contributed by atoms with E-state index in [1.54, 1.807) is 12.1 Å². The van der Waals surface area contributed by atoms with E-state index in [2.05, 4.69) is 13.2 Å². The molecule has 1 aromatic carbocycles. The lowest BCUT2D eigenvalue weighted by Crippen LogP contribution is -2.61. The lowest BCUT2D eigenvalue weighted by Gasteiger charge is -2.44. The van der Waals surface area contributed by atoms with Gasteiger partial charge in [0.1, 0.15) is 48.5 Å². The average molecular weight is 863 g/mol. The van der Waals surface area contributed by atoms with Crippen LogP contribution in [0.1, 0.15) is 18.4 Å². The number of carbonyl (C=O) groups excluding carboxylic acids is 3. The summed E-state index contributed by atoms with van der Waals surface area (Å²) in [6, 6.07) is 5.92. The molecule has 20 heteroatoms. The molecule has 16 unspecified atom stereocenters. The number of hydrogen-bond donors (Lipinski definition) is 8. The van der Waals surface area contributed by atoms with E-state index in [0.29, 0.717) is 5.56 Å². The minimum atomic E-state index is -1.83. The molecule has 0 aromatic heterocycles. The molecule has 5 heterocycles. The molecule has 20 nitrogen and oxygen atoms in total. The Balaban J connectivity index is 1.11. The van der Waals surface area contributed by atoms with Gasteiger partial charge in [0.2, 0.25) is 12.6 Å². The van der Waals surface area contributed by atoms with Gasteiger partial charge in [-0.05, 0) is 36.6 Å². The standard InChI is InChI=1S/C41H50O20/c1-3-21-23-11-13-53-37(52)26-18-56-39(61-41-34(50)32(48)35(28(16-43)58-41)59-29(45)10-7-19-5-8-20(44)9-6-19)22(4-2)24(26)12-14-54-36(51)25(23)17-55-38(21)60-40-33(49)31(47)30(46)27(15-42)57-40/h3-10,17-18,21-24,27-28,30-35,38-44,46-50H,1-2,11-16H2. The van der Waals surface area contributed by atoms with E-state index in [4.69, 9.17) is 42.6 Å². The van der Waals surface area contributed by atoms with Gasteiger partial charge in [-0.15, -0.1) is 13.2 Å². The number of aromatic hydroxyl groups is 1. The van der Waals surface area contributed by atoms with Gasteiger partial charge >= 0.3 is 17.9 Å². The van der Waals surface area contributed by atoms with Crippen LogP contribution in [0.25, 0.3) is 6.08 Å². The molecule has 0 radical (unpaired) electrons. The van der Waals surface area contributed by atoms with Crippen molar-refractivity contribution >= 4 is 24.0 Å². The largest absolute Gasteiger partial charge is 0.508 e. The molecule has 61 heavy (non-hydrogen) atoms. The lowest BCUT2D eigenvalue weighted by molar-refractivity contribution is -0.340. The number of ether oxygens (including phenoxy) is 9. The van der Waals surface area contributed by atoms with Crippen LogP contribution in [0.2, 0.25) is 0 Å². The first-order valence-corrected chi connectivity index (χ1v) is 19.5. The van der Waals surface area contributed by atoms with Gasteiger partial charge in [0.05, 0.1) is 50.1 Å². The number of aliphatic hydroxyl groups is 7. The molecule has 0 amide bonds. The van der Waals surface area contributed by atoms with Gasteiger partial charge in [0.15, 0.2) is 18.7 Å². The molecule has 3 saturated heterocycles. The van der Waals surface area contributed by atoms with Crippen LogP contribution in [0.4, 0.5) is 0 Å². The van der Waals surface area contributed by atoms with E-state index in [1.807, 2.05) is 0 Å². The topological polar surface area (TPSA) is 296 Å². The van der Waals surface area contributed by atoms with Crippen LogP contribution in [0.15, 0.2) is 79.3 Å². The van der Waals surface area contributed by atoms with Crippen molar-refractivity contribution in [1.29, 1.82) is 0 Å². The smallest absolute Gasteiger partial charge is 0.337 e. The minimum Gasteiger partial charge on any atom is -0.508 e. The second-order valence-electron chi connectivity index (χ2n) is 14.8. The Labute approximate surface area is 349 Å². The Hall–Kier alpha value is -4.71. The van der Waals surface area contributed by atoms with Crippen LogP contribution in [0, 0.1) is 23.7 Å². The molecule has 5 aliphatic heterocycles. The summed E-state index contributed by atoms with van der Waals surface area (Å²) in [6.45, 7) is 5.75.